The van der Waals surface area contributed by atoms with Gasteiger partial charge in [0.2, 0.25) is 0 Å². The maximum absolute atomic E-state index is 8.67. The van der Waals surface area contributed by atoms with Gasteiger partial charge in [0, 0.05) is 19.2 Å². The van der Waals surface area contributed by atoms with Gasteiger partial charge in [-0.3, -0.25) is 0 Å². The van der Waals surface area contributed by atoms with Gasteiger partial charge < -0.3 is 10.4 Å². The van der Waals surface area contributed by atoms with Crippen molar-refractivity contribution in [3.05, 3.63) is 17.5 Å². The summed E-state index contributed by atoms with van der Waals surface area (Å²) in [6.07, 6.45) is 5.50. The van der Waals surface area contributed by atoms with Gasteiger partial charge in [-0.15, -0.1) is 0 Å². The predicted octanol–water partition coefficient (Wildman–Crippen LogP) is 1.74. The fourth-order valence-electron chi connectivity index (χ4n) is 1.72. The highest BCUT2D eigenvalue weighted by molar-refractivity contribution is 6.29. The van der Waals surface area contributed by atoms with Crippen molar-refractivity contribution < 1.29 is 5.11 Å². The van der Waals surface area contributed by atoms with Gasteiger partial charge in [-0.1, -0.05) is 24.4 Å². The highest BCUT2D eigenvalue weighted by atomic mass is 35.5. The molecule has 98 valence electrons. The SMILES string of the molecule is OCCCCCCNc1cc(Cl)nc2ncnn12. The highest BCUT2D eigenvalue weighted by Gasteiger charge is 2.05. The number of nitrogens with one attached hydrogen (secondary N) is 1. The smallest absolute Gasteiger partial charge is 0.255 e. The van der Waals surface area contributed by atoms with Crippen LogP contribution in [0.15, 0.2) is 12.4 Å². The minimum Gasteiger partial charge on any atom is -0.396 e. The molecule has 6 nitrogen and oxygen atoms in total. The summed E-state index contributed by atoms with van der Waals surface area (Å²) in [5.74, 6) is 1.29. The number of aromatic nitrogens is 4. The molecule has 0 aliphatic carbocycles. The molecule has 2 aromatic heterocycles. The van der Waals surface area contributed by atoms with Gasteiger partial charge >= 0.3 is 0 Å². The van der Waals surface area contributed by atoms with Crippen molar-refractivity contribution in [1.29, 1.82) is 0 Å². The Kier molecular flexibility index (Phi) is 4.72. The lowest BCUT2D eigenvalue weighted by atomic mass is 10.2. The van der Waals surface area contributed by atoms with Crippen molar-refractivity contribution in [3.8, 4) is 0 Å². The monoisotopic (exact) mass is 269 g/mol. The van der Waals surface area contributed by atoms with Gasteiger partial charge in [-0.2, -0.15) is 19.6 Å². The van der Waals surface area contributed by atoms with Crippen LogP contribution in [-0.2, 0) is 0 Å². The normalized spacial score (nSPS) is 11.0. The lowest BCUT2D eigenvalue weighted by molar-refractivity contribution is 0.283. The molecule has 0 spiro atoms. The van der Waals surface area contributed by atoms with Crippen LogP contribution in [0.1, 0.15) is 25.7 Å². The van der Waals surface area contributed by atoms with Crippen LogP contribution >= 0.6 is 11.6 Å². The third-order valence-corrected chi connectivity index (χ3v) is 2.81. The van der Waals surface area contributed by atoms with Gasteiger partial charge in [-0.25, -0.2) is 0 Å². The molecule has 0 fully saturated rings. The first kappa shape index (κ1) is 13.0. The molecule has 2 aromatic rings. The molecule has 0 aliphatic rings. The van der Waals surface area contributed by atoms with E-state index >= 15 is 0 Å². The molecule has 18 heavy (non-hydrogen) atoms. The van der Waals surface area contributed by atoms with Crippen LogP contribution in [0.3, 0.4) is 0 Å². The Morgan fingerprint density at radius 3 is 2.94 bits per heavy atom. The summed E-state index contributed by atoms with van der Waals surface area (Å²) < 4.78 is 1.62. The zero-order valence-corrected chi connectivity index (χ0v) is 10.8. The predicted molar refractivity (Wildman–Crippen MR) is 69.8 cm³/mol. The Morgan fingerprint density at radius 1 is 1.28 bits per heavy atom. The van der Waals surface area contributed by atoms with Crippen LogP contribution in [0.4, 0.5) is 5.82 Å². The zero-order chi connectivity index (χ0) is 12.8. The van der Waals surface area contributed by atoms with Gasteiger partial charge in [0.15, 0.2) is 0 Å². The van der Waals surface area contributed by atoms with Crippen molar-refractivity contribution >= 4 is 23.2 Å². The molecule has 2 heterocycles. The number of hydrogen-bond acceptors (Lipinski definition) is 5. The fraction of sp³-hybridized carbons (Fsp3) is 0.545. The first-order valence-electron chi connectivity index (χ1n) is 6.02. The molecule has 2 N–H and O–H groups in total. The van der Waals surface area contributed by atoms with E-state index in [-0.39, 0.29) is 6.61 Å². The van der Waals surface area contributed by atoms with E-state index in [2.05, 4.69) is 20.4 Å². The number of aliphatic hydroxyl groups excluding tert-OH is 1. The Labute approximate surface area is 110 Å². The molecular formula is C11H16ClN5O. The standard InChI is InChI=1S/C11H16ClN5O/c12-9-7-10(13-5-3-1-2-4-6-18)17-11(16-9)14-8-15-17/h7-8,13,18H,1-6H2. The molecule has 0 saturated carbocycles. The Bertz CT molecular complexity index is 501. The number of halogens is 1. The Hall–Kier alpha value is -1.40. The molecule has 0 aliphatic heterocycles. The molecule has 0 radical (unpaired) electrons. The van der Waals surface area contributed by atoms with Crippen LogP contribution in [0.5, 0.6) is 0 Å². The van der Waals surface area contributed by atoms with Crippen LogP contribution in [0.25, 0.3) is 5.78 Å². The maximum atomic E-state index is 8.67. The average Bonchev–Trinajstić information content (AvgIpc) is 2.81. The van der Waals surface area contributed by atoms with Crippen molar-refractivity contribution in [2.75, 3.05) is 18.5 Å². The number of fused-ring (bicyclic) bond motifs is 1. The van der Waals surface area contributed by atoms with E-state index in [1.165, 1.54) is 6.33 Å². The number of anilines is 1. The van der Waals surface area contributed by atoms with Gasteiger partial charge in [0.25, 0.3) is 5.78 Å². The summed E-state index contributed by atoms with van der Waals surface area (Å²) in [4.78, 5) is 8.05. The maximum Gasteiger partial charge on any atom is 0.255 e. The van der Waals surface area contributed by atoms with E-state index in [0.29, 0.717) is 10.9 Å². The number of aliphatic hydroxyl groups is 1. The van der Waals surface area contributed by atoms with Gasteiger partial charge in [0.1, 0.15) is 17.3 Å². The molecule has 0 amide bonds. The second-order valence-electron chi connectivity index (χ2n) is 4.00. The van der Waals surface area contributed by atoms with E-state index in [9.17, 15) is 0 Å². The van der Waals surface area contributed by atoms with E-state index in [1.54, 1.807) is 10.6 Å². The lowest BCUT2D eigenvalue weighted by Gasteiger charge is -2.07. The van der Waals surface area contributed by atoms with Crippen molar-refractivity contribution in [2.24, 2.45) is 0 Å². The largest absolute Gasteiger partial charge is 0.396 e. The molecule has 0 unspecified atom stereocenters. The summed E-state index contributed by atoms with van der Waals surface area (Å²) in [7, 11) is 0. The van der Waals surface area contributed by atoms with Gasteiger partial charge in [0.05, 0.1) is 0 Å². The van der Waals surface area contributed by atoms with Crippen LogP contribution in [-0.4, -0.2) is 37.8 Å². The summed E-state index contributed by atoms with van der Waals surface area (Å²) in [5.41, 5.74) is 0. The van der Waals surface area contributed by atoms with Crippen molar-refractivity contribution in [2.45, 2.75) is 25.7 Å². The number of rotatable bonds is 7. The third-order valence-electron chi connectivity index (χ3n) is 2.61. The number of hydrogen-bond donors (Lipinski definition) is 2. The van der Waals surface area contributed by atoms with Crippen molar-refractivity contribution in [1.82, 2.24) is 19.6 Å². The van der Waals surface area contributed by atoms with Crippen LogP contribution < -0.4 is 5.32 Å². The molecule has 0 saturated heterocycles. The van der Waals surface area contributed by atoms with Crippen molar-refractivity contribution in [3.63, 3.8) is 0 Å². The highest BCUT2D eigenvalue weighted by Crippen LogP contribution is 2.14. The summed E-state index contributed by atoms with van der Waals surface area (Å²) in [6, 6.07) is 1.73. The van der Waals surface area contributed by atoms with E-state index < -0.39 is 0 Å². The summed E-state index contributed by atoms with van der Waals surface area (Å²) in [5, 5.41) is 16.4. The van der Waals surface area contributed by atoms with E-state index in [0.717, 1.165) is 38.0 Å². The second-order valence-corrected chi connectivity index (χ2v) is 4.39. The van der Waals surface area contributed by atoms with Gasteiger partial charge in [-0.05, 0) is 12.8 Å². The summed E-state index contributed by atoms with van der Waals surface area (Å²) in [6.45, 7) is 1.10. The van der Waals surface area contributed by atoms with Crippen LogP contribution in [0, 0.1) is 0 Å². The number of nitrogens with zero attached hydrogens (tertiary/aromatic N) is 4. The fourth-order valence-corrected chi connectivity index (χ4v) is 1.90. The van der Waals surface area contributed by atoms with E-state index in [1.807, 2.05) is 0 Å². The Balaban J connectivity index is 1.89. The molecule has 2 rings (SSSR count). The minimum atomic E-state index is 0.271. The summed E-state index contributed by atoms with van der Waals surface area (Å²) >= 11 is 5.90. The quantitative estimate of drug-likeness (QED) is 0.592. The zero-order valence-electron chi connectivity index (χ0n) is 10.0. The molecule has 0 bridgehead atoms. The minimum absolute atomic E-state index is 0.271. The third kappa shape index (κ3) is 3.30. The molecule has 0 aromatic carbocycles. The topological polar surface area (TPSA) is 75.3 Å². The first-order chi connectivity index (χ1) is 8.81. The molecule has 7 heteroatoms. The number of unbranched alkanes of at least 4 members (excludes halogenated alkanes) is 3. The first-order valence-corrected chi connectivity index (χ1v) is 6.40. The van der Waals surface area contributed by atoms with Crippen LogP contribution in [0.2, 0.25) is 5.15 Å². The second kappa shape index (κ2) is 6.51. The lowest BCUT2D eigenvalue weighted by Crippen LogP contribution is -2.07. The molecular weight excluding hydrogens is 254 g/mol. The van der Waals surface area contributed by atoms with E-state index in [4.69, 9.17) is 16.7 Å². The Morgan fingerprint density at radius 2 is 2.11 bits per heavy atom. The molecule has 0 atom stereocenters. The average molecular weight is 270 g/mol.